The second-order valence-corrected chi connectivity index (χ2v) is 8.70. The molecule has 2 saturated carbocycles. The van der Waals surface area contributed by atoms with Gasteiger partial charge in [-0.1, -0.05) is 64.2 Å². The van der Waals surface area contributed by atoms with E-state index in [1.165, 1.54) is 38.5 Å². The van der Waals surface area contributed by atoms with E-state index in [-0.39, 0.29) is 11.8 Å². The lowest BCUT2D eigenvalue weighted by atomic mass is 9.99. The first-order chi connectivity index (χ1) is 9.68. The van der Waals surface area contributed by atoms with Crippen molar-refractivity contribution in [3.8, 4) is 0 Å². The lowest BCUT2D eigenvalue weighted by Crippen LogP contribution is -2.19. The Labute approximate surface area is 124 Å². The summed E-state index contributed by atoms with van der Waals surface area (Å²) >= 11 is 0. The molecule has 2 aliphatic carbocycles. The normalized spacial score (nSPS) is 27.9. The Morgan fingerprint density at radius 1 is 0.700 bits per heavy atom. The van der Waals surface area contributed by atoms with E-state index in [2.05, 4.69) is 0 Å². The molecule has 0 aromatic heterocycles. The first-order valence-corrected chi connectivity index (χ1v) is 10.3. The second kappa shape index (κ2) is 8.56. The van der Waals surface area contributed by atoms with Gasteiger partial charge >= 0.3 is 7.60 Å². The van der Waals surface area contributed by atoms with Crippen molar-refractivity contribution in [3.05, 3.63) is 0 Å². The van der Waals surface area contributed by atoms with Gasteiger partial charge in [0.15, 0.2) is 0 Å². The van der Waals surface area contributed by atoms with Gasteiger partial charge in [-0.3, -0.25) is 4.57 Å². The molecule has 1 N–H and O–H groups in total. The minimum absolute atomic E-state index is 0.0246. The van der Waals surface area contributed by atoms with Crippen LogP contribution in [0.5, 0.6) is 0 Å². The van der Waals surface area contributed by atoms with Crippen LogP contribution in [-0.2, 0) is 9.09 Å². The quantitative estimate of drug-likeness (QED) is 0.709. The van der Waals surface area contributed by atoms with Crippen molar-refractivity contribution in [3.63, 3.8) is 0 Å². The van der Waals surface area contributed by atoms with Crippen molar-refractivity contribution in [2.75, 3.05) is 0 Å². The number of rotatable bonds is 3. The molecule has 0 aromatic carbocycles. The molecule has 20 heavy (non-hydrogen) atoms. The molecule has 2 rings (SSSR count). The molecule has 1 atom stereocenters. The van der Waals surface area contributed by atoms with Gasteiger partial charge in [0.2, 0.25) is 0 Å². The maximum atomic E-state index is 12.6. The highest BCUT2D eigenvalue weighted by atomic mass is 31.2. The minimum Gasteiger partial charge on any atom is -0.324 e. The molecular weight excluding hydrogens is 271 g/mol. The summed E-state index contributed by atoms with van der Waals surface area (Å²) < 4.78 is 18.4. The Balaban J connectivity index is 1.88. The van der Waals surface area contributed by atoms with Crippen molar-refractivity contribution in [1.82, 2.24) is 0 Å². The molecule has 0 spiro atoms. The molecular formula is C16H31O3P. The van der Waals surface area contributed by atoms with Crippen LogP contribution in [0.3, 0.4) is 0 Å². The maximum absolute atomic E-state index is 12.6. The predicted octanol–water partition coefficient (Wildman–Crippen LogP) is 5.41. The van der Waals surface area contributed by atoms with E-state index >= 15 is 0 Å². The van der Waals surface area contributed by atoms with Gasteiger partial charge in [0.1, 0.15) is 0 Å². The van der Waals surface area contributed by atoms with Gasteiger partial charge in [-0.15, -0.1) is 0 Å². The zero-order chi connectivity index (χ0) is 14.3. The molecule has 2 aliphatic rings. The van der Waals surface area contributed by atoms with Gasteiger partial charge in [0.05, 0.1) is 11.8 Å². The fourth-order valence-corrected chi connectivity index (χ4v) is 5.41. The third kappa shape index (κ3) is 5.50. The monoisotopic (exact) mass is 302 g/mol. The Hall–Kier alpha value is 0.150. The average Bonchev–Trinajstić information content (AvgIpc) is 2.31. The van der Waals surface area contributed by atoms with Crippen LogP contribution in [0.4, 0.5) is 0 Å². The largest absolute Gasteiger partial charge is 0.331 e. The zero-order valence-electron chi connectivity index (χ0n) is 12.8. The van der Waals surface area contributed by atoms with Gasteiger partial charge < -0.3 is 9.42 Å². The fourth-order valence-electron chi connectivity index (χ4n) is 3.58. The van der Waals surface area contributed by atoms with Crippen molar-refractivity contribution in [2.24, 2.45) is 0 Å². The van der Waals surface area contributed by atoms with Gasteiger partial charge in [0.25, 0.3) is 0 Å². The van der Waals surface area contributed by atoms with Gasteiger partial charge in [-0.05, 0) is 25.7 Å². The molecule has 4 heteroatoms. The van der Waals surface area contributed by atoms with E-state index in [1.807, 2.05) is 0 Å². The van der Waals surface area contributed by atoms with Crippen LogP contribution >= 0.6 is 7.60 Å². The first kappa shape index (κ1) is 16.5. The Morgan fingerprint density at radius 2 is 1.10 bits per heavy atom. The van der Waals surface area contributed by atoms with Crippen molar-refractivity contribution >= 4 is 7.60 Å². The fraction of sp³-hybridized carbons (Fsp3) is 1.00. The van der Waals surface area contributed by atoms with Crippen LogP contribution in [-0.4, -0.2) is 16.7 Å². The highest BCUT2D eigenvalue weighted by Crippen LogP contribution is 2.53. The average molecular weight is 302 g/mol. The van der Waals surface area contributed by atoms with E-state index in [1.54, 1.807) is 0 Å². The van der Waals surface area contributed by atoms with Crippen LogP contribution < -0.4 is 0 Å². The summed E-state index contributed by atoms with van der Waals surface area (Å²) in [5, 5.41) is 0. The molecule has 0 amide bonds. The lowest BCUT2D eigenvalue weighted by molar-refractivity contribution is 0.139. The Kier molecular flexibility index (Phi) is 7.07. The van der Waals surface area contributed by atoms with E-state index in [4.69, 9.17) is 4.52 Å². The predicted molar refractivity (Wildman–Crippen MR) is 83.1 cm³/mol. The van der Waals surface area contributed by atoms with E-state index in [9.17, 15) is 9.46 Å². The summed E-state index contributed by atoms with van der Waals surface area (Å²) in [6, 6.07) is 0. The SMILES string of the molecule is O=P(O)(OC1CCCCCCC1)C1CCCCCCC1. The topological polar surface area (TPSA) is 46.5 Å². The third-order valence-corrected chi connectivity index (χ3v) is 6.93. The van der Waals surface area contributed by atoms with Gasteiger partial charge in [-0.2, -0.15) is 0 Å². The standard InChI is InChI=1S/C16H31O3P/c17-20(18,16-13-9-5-2-6-10-14-16)19-15-11-7-3-1-4-8-12-15/h15-16H,1-14H2,(H,17,18). The molecule has 0 aromatic rings. The van der Waals surface area contributed by atoms with Crippen molar-refractivity contribution < 1.29 is 14.0 Å². The Bertz CT molecular complexity index is 303. The smallest absolute Gasteiger partial charge is 0.324 e. The summed E-state index contributed by atoms with van der Waals surface area (Å²) in [4.78, 5) is 10.4. The van der Waals surface area contributed by atoms with Crippen LogP contribution in [0.2, 0.25) is 0 Å². The molecule has 3 nitrogen and oxygen atoms in total. The molecule has 0 heterocycles. The molecule has 0 bridgehead atoms. The minimum atomic E-state index is -3.42. The van der Waals surface area contributed by atoms with Gasteiger partial charge in [-0.25, -0.2) is 0 Å². The summed E-state index contributed by atoms with van der Waals surface area (Å²) in [5.74, 6) is 0. The van der Waals surface area contributed by atoms with Crippen LogP contribution in [0.15, 0.2) is 0 Å². The lowest BCUT2D eigenvalue weighted by Gasteiger charge is -2.29. The molecule has 0 saturated heterocycles. The van der Waals surface area contributed by atoms with E-state index < -0.39 is 7.60 Å². The van der Waals surface area contributed by atoms with E-state index in [0.717, 1.165) is 51.4 Å². The molecule has 118 valence electrons. The highest BCUT2D eigenvalue weighted by Gasteiger charge is 2.34. The summed E-state index contributed by atoms with van der Waals surface area (Å²) in [6.45, 7) is 0. The first-order valence-electron chi connectivity index (χ1n) is 8.69. The summed E-state index contributed by atoms with van der Waals surface area (Å²) in [7, 11) is -3.42. The molecule has 2 fully saturated rings. The molecule has 0 aliphatic heterocycles. The Morgan fingerprint density at radius 3 is 1.60 bits per heavy atom. The van der Waals surface area contributed by atoms with Crippen molar-refractivity contribution in [2.45, 2.75) is 102 Å². The van der Waals surface area contributed by atoms with Crippen LogP contribution in [0.25, 0.3) is 0 Å². The summed E-state index contributed by atoms with van der Waals surface area (Å²) in [6.07, 6.45) is 15.7. The third-order valence-electron chi connectivity index (χ3n) is 4.89. The summed E-state index contributed by atoms with van der Waals surface area (Å²) in [5.41, 5.74) is -0.103. The van der Waals surface area contributed by atoms with Crippen LogP contribution in [0.1, 0.15) is 89.9 Å². The van der Waals surface area contributed by atoms with Crippen LogP contribution in [0, 0.1) is 0 Å². The maximum Gasteiger partial charge on any atom is 0.331 e. The zero-order valence-corrected chi connectivity index (χ0v) is 13.7. The number of hydrogen-bond acceptors (Lipinski definition) is 2. The van der Waals surface area contributed by atoms with Crippen molar-refractivity contribution in [1.29, 1.82) is 0 Å². The molecule has 1 unspecified atom stereocenters. The highest BCUT2D eigenvalue weighted by molar-refractivity contribution is 7.53. The van der Waals surface area contributed by atoms with E-state index in [0.29, 0.717) is 0 Å². The second-order valence-electron chi connectivity index (χ2n) is 6.64. The molecule has 0 radical (unpaired) electrons. The number of hydrogen-bond donors (Lipinski definition) is 1. The van der Waals surface area contributed by atoms with Gasteiger partial charge in [0, 0.05) is 0 Å².